The Bertz CT molecular complexity index is 1660. The van der Waals surface area contributed by atoms with E-state index in [1.807, 2.05) is 67.2 Å². The summed E-state index contributed by atoms with van der Waals surface area (Å²) in [5, 5.41) is 11.4. The van der Waals surface area contributed by atoms with E-state index in [1.54, 1.807) is 17.8 Å². The molecule has 5 aromatic heterocycles. The molecular weight excluding hydrogens is 476 g/mol. The number of benzene rings is 1. The molecule has 0 saturated heterocycles. The number of anilines is 1. The molecule has 0 amide bonds. The zero-order valence-corrected chi connectivity index (χ0v) is 20.5. The third-order valence-corrected chi connectivity index (χ3v) is 6.46. The number of nitrogens with one attached hydrogen (secondary N) is 1. The van der Waals surface area contributed by atoms with Gasteiger partial charge in [-0.05, 0) is 36.8 Å². The van der Waals surface area contributed by atoms with Crippen LogP contribution in [0.5, 0.6) is 11.5 Å². The fourth-order valence-electron chi connectivity index (χ4n) is 3.83. The predicted molar refractivity (Wildman–Crippen MR) is 137 cm³/mol. The van der Waals surface area contributed by atoms with E-state index in [0.717, 1.165) is 33.1 Å². The summed E-state index contributed by atoms with van der Waals surface area (Å²) in [6.07, 6.45) is 5.45. The highest BCUT2D eigenvalue weighted by Crippen LogP contribution is 2.37. The molecule has 9 nitrogen and oxygen atoms in total. The standard InChI is InChI=1S/C26H22N6O3S/c1-16-5-6-25-30-21(13-32(25)31-16)24-10-20-22(8-19(33-2)9-23(20)35-24)34-14-18-15-36-26(29-18)28-12-17-4-3-7-27-11-17/h3-11,13,15H,12,14H2,1-2H3,(H,28,29). The number of nitrogens with zero attached hydrogens (tertiary/aromatic N) is 5. The van der Waals surface area contributed by atoms with Crippen molar-refractivity contribution in [1.82, 2.24) is 24.6 Å². The first-order valence-electron chi connectivity index (χ1n) is 11.3. The number of methoxy groups -OCH3 is 1. The van der Waals surface area contributed by atoms with Gasteiger partial charge in [-0.15, -0.1) is 11.3 Å². The molecule has 1 N–H and O–H groups in total. The van der Waals surface area contributed by atoms with E-state index in [2.05, 4.69) is 25.4 Å². The molecule has 0 aliphatic rings. The highest BCUT2D eigenvalue weighted by atomic mass is 32.1. The minimum atomic E-state index is 0.311. The molecule has 0 radical (unpaired) electrons. The Hall–Kier alpha value is -4.44. The van der Waals surface area contributed by atoms with Gasteiger partial charge in [-0.1, -0.05) is 6.07 Å². The number of hydrogen-bond donors (Lipinski definition) is 1. The first kappa shape index (κ1) is 22.1. The fraction of sp³-hybridized carbons (Fsp3) is 0.154. The SMILES string of the molecule is COc1cc(OCc2csc(NCc3cccnc3)n2)c2cc(-c3cn4nc(C)ccc4n3)oc2c1. The Morgan fingerprint density at radius 1 is 1.14 bits per heavy atom. The second-order valence-electron chi connectivity index (χ2n) is 8.20. The zero-order chi connectivity index (χ0) is 24.5. The minimum absolute atomic E-state index is 0.311. The second kappa shape index (κ2) is 9.31. The van der Waals surface area contributed by atoms with Gasteiger partial charge in [0, 0.05) is 36.5 Å². The van der Waals surface area contributed by atoms with Gasteiger partial charge in [0.15, 0.2) is 16.5 Å². The lowest BCUT2D eigenvalue weighted by Gasteiger charge is -2.08. The van der Waals surface area contributed by atoms with Crippen LogP contribution in [0.25, 0.3) is 28.1 Å². The number of pyridine rings is 1. The molecule has 0 spiro atoms. The van der Waals surface area contributed by atoms with Crippen molar-refractivity contribution < 1.29 is 13.9 Å². The van der Waals surface area contributed by atoms with Gasteiger partial charge in [0.05, 0.1) is 30.1 Å². The van der Waals surface area contributed by atoms with Crippen molar-refractivity contribution in [2.75, 3.05) is 12.4 Å². The van der Waals surface area contributed by atoms with Crippen molar-refractivity contribution in [3.63, 3.8) is 0 Å². The summed E-state index contributed by atoms with van der Waals surface area (Å²) < 4.78 is 19.5. The van der Waals surface area contributed by atoms with Gasteiger partial charge in [0.25, 0.3) is 0 Å². The first-order chi connectivity index (χ1) is 17.6. The van der Waals surface area contributed by atoms with Gasteiger partial charge in [-0.3, -0.25) is 4.98 Å². The number of hydrogen-bond acceptors (Lipinski definition) is 9. The van der Waals surface area contributed by atoms with E-state index in [1.165, 1.54) is 11.3 Å². The molecule has 0 bridgehead atoms. The topological polar surface area (TPSA) is 99.6 Å². The molecule has 0 aliphatic heterocycles. The maximum Gasteiger partial charge on any atom is 0.183 e. The molecule has 180 valence electrons. The highest BCUT2D eigenvalue weighted by molar-refractivity contribution is 7.13. The van der Waals surface area contributed by atoms with Crippen LogP contribution in [0.1, 0.15) is 17.0 Å². The molecule has 0 aliphatic carbocycles. The van der Waals surface area contributed by atoms with Gasteiger partial charge in [-0.25, -0.2) is 14.5 Å². The summed E-state index contributed by atoms with van der Waals surface area (Å²) in [4.78, 5) is 13.4. The normalized spacial score (nSPS) is 11.3. The van der Waals surface area contributed by atoms with Gasteiger partial charge in [-0.2, -0.15) is 5.10 Å². The largest absolute Gasteiger partial charge is 0.496 e. The average molecular weight is 499 g/mol. The van der Waals surface area contributed by atoms with Gasteiger partial charge < -0.3 is 19.2 Å². The highest BCUT2D eigenvalue weighted by Gasteiger charge is 2.16. The number of ether oxygens (including phenoxy) is 2. The van der Waals surface area contributed by atoms with Crippen LogP contribution >= 0.6 is 11.3 Å². The predicted octanol–water partition coefficient (Wildman–Crippen LogP) is 5.50. The smallest absolute Gasteiger partial charge is 0.183 e. The Morgan fingerprint density at radius 3 is 2.94 bits per heavy atom. The van der Waals surface area contributed by atoms with Crippen molar-refractivity contribution in [2.45, 2.75) is 20.1 Å². The Labute approximate surface area is 210 Å². The minimum Gasteiger partial charge on any atom is -0.496 e. The third kappa shape index (κ3) is 4.46. The zero-order valence-electron chi connectivity index (χ0n) is 19.6. The third-order valence-electron chi connectivity index (χ3n) is 5.61. The maximum absolute atomic E-state index is 6.18. The lowest BCUT2D eigenvalue weighted by Crippen LogP contribution is -2.00. The van der Waals surface area contributed by atoms with Crippen LogP contribution in [-0.4, -0.2) is 31.7 Å². The molecule has 6 rings (SSSR count). The summed E-state index contributed by atoms with van der Waals surface area (Å²) >= 11 is 1.54. The molecule has 1 aromatic carbocycles. The van der Waals surface area contributed by atoms with E-state index >= 15 is 0 Å². The summed E-state index contributed by atoms with van der Waals surface area (Å²) in [5.74, 6) is 1.92. The summed E-state index contributed by atoms with van der Waals surface area (Å²) in [7, 11) is 1.62. The summed E-state index contributed by atoms with van der Waals surface area (Å²) in [5.41, 5.74) is 4.93. The van der Waals surface area contributed by atoms with Crippen LogP contribution in [0, 0.1) is 6.92 Å². The maximum atomic E-state index is 6.18. The molecule has 5 heterocycles. The average Bonchev–Trinajstić information content (AvgIpc) is 3.64. The van der Waals surface area contributed by atoms with Crippen LogP contribution < -0.4 is 14.8 Å². The Balaban J connectivity index is 1.23. The van der Waals surface area contributed by atoms with Crippen molar-refractivity contribution in [3.05, 3.63) is 83.4 Å². The molecule has 0 saturated carbocycles. The Kier molecular flexibility index (Phi) is 5.70. The van der Waals surface area contributed by atoms with E-state index < -0.39 is 0 Å². The molecule has 0 fully saturated rings. The van der Waals surface area contributed by atoms with Crippen LogP contribution in [0.4, 0.5) is 5.13 Å². The van der Waals surface area contributed by atoms with E-state index in [-0.39, 0.29) is 0 Å². The number of rotatable bonds is 8. The fourth-order valence-corrected chi connectivity index (χ4v) is 4.52. The van der Waals surface area contributed by atoms with E-state index in [0.29, 0.717) is 41.7 Å². The van der Waals surface area contributed by atoms with E-state index in [9.17, 15) is 0 Å². The van der Waals surface area contributed by atoms with Crippen LogP contribution in [0.2, 0.25) is 0 Å². The van der Waals surface area contributed by atoms with Crippen molar-refractivity contribution in [1.29, 1.82) is 0 Å². The summed E-state index contributed by atoms with van der Waals surface area (Å²) in [6, 6.07) is 13.4. The first-order valence-corrected chi connectivity index (χ1v) is 12.2. The van der Waals surface area contributed by atoms with Gasteiger partial charge in [0.1, 0.15) is 29.4 Å². The molecule has 0 unspecified atom stereocenters. The quantitative estimate of drug-likeness (QED) is 0.294. The van der Waals surface area contributed by atoms with Gasteiger partial charge in [0.2, 0.25) is 0 Å². The molecule has 36 heavy (non-hydrogen) atoms. The number of imidazole rings is 1. The van der Waals surface area contributed by atoms with E-state index in [4.69, 9.17) is 13.9 Å². The van der Waals surface area contributed by atoms with Crippen molar-refractivity contribution >= 4 is 33.1 Å². The van der Waals surface area contributed by atoms with Crippen molar-refractivity contribution in [3.8, 4) is 23.0 Å². The summed E-state index contributed by atoms with van der Waals surface area (Å²) in [6.45, 7) is 2.91. The number of thiazole rings is 1. The van der Waals surface area contributed by atoms with Crippen molar-refractivity contribution in [2.24, 2.45) is 0 Å². The Morgan fingerprint density at radius 2 is 2.08 bits per heavy atom. The number of aromatic nitrogens is 5. The monoisotopic (exact) mass is 498 g/mol. The molecular formula is C26H22N6O3S. The molecule has 10 heteroatoms. The number of fused-ring (bicyclic) bond motifs is 2. The van der Waals surface area contributed by atoms with Crippen LogP contribution in [0.15, 0.2) is 70.9 Å². The van der Waals surface area contributed by atoms with Crippen LogP contribution in [0.3, 0.4) is 0 Å². The number of aryl methyl sites for hydroxylation is 1. The lowest BCUT2D eigenvalue weighted by molar-refractivity contribution is 0.303. The molecule has 6 aromatic rings. The lowest BCUT2D eigenvalue weighted by atomic mass is 10.2. The van der Waals surface area contributed by atoms with Crippen LogP contribution in [-0.2, 0) is 13.2 Å². The molecule has 0 atom stereocenters. The second-order valence-corrected chi connectivity index (χ2v) is 9.06. The number of furan rings is 1. The van der Waals surface area contributed by atoms with Gasteiger partial charge >= 0.3 is 0 Å².